The monoisotopic (exact) mass is 248 g/mol. The summed E-state index contributed by atoms with van der Waals surface area (Å²) in [6.07, 6.45) is 0.697. The van der Waals surface area contributed by atoms with Crippen molar-refractivity contribution in [3.63, 3.8) is 0 Å². The molecule has 2 N–H and O–H groups in total. The van der Waals surface area contributed by atoms with E-state index >= 15 is 0 Å². The summed E-state index contributed by atoms with van der Waals surface area (Å²) in [5, 5.41) is 12.6. The van der Waals surface area contributed by atoms with E-state index in [-0.39, 0.29) is 17.1 Å². The lowest BCUT2D eigenvalue weighted by Crippen LogP contribution is -2.04. The van der Waals surface area contributed by atoms with Crippen LogP contribution in [0.3, 0.4) is 0 Å². The predicted octanol–water partition coefficient (Wildman–Crippen LogP) is 1.43. The molecule has 5 nitrogen and oxygen atoms in total. The summed E-state index contributed by atoms with van der Waals surface area (Å²) in [5.41, 5.74) is 0. The molecule has 0 aromatic carbocycles. The Bertz CT molecular complexity index is 326. The molecule has 1 unspecified atom stereocenters. The van der Waals surface area contributed by atoms with Crippen LogP contribution in [0.5, 0.6) is 0 Å². The Kier molecular flexibility index (Phi) is 5.07. The highest BCUT2D eigenvalue weighted by atomic mass is 35.5. The van der Waals surface area contributed by atoms with Crippen LogP contribution in [0.25, 0.3) is 0 Å². The van der Waals surface area contributed by atoms with Crippen molar-refractivity contribution in [2.45, 2.75) is 23.8 Å². The molecule has 1 aromatic heterocycles. The van der Waals surface area contributed by atoms with Crippen molar-refractivity contribution >= 4 is 29.3 Å². The number of hydrogen-bond donors (Lipinski definition) is 2. The summed E-state index contributed by atoms with van der Waals surface area (Å²) < 4.78 is 0. The maximum absolute atomic E-state index is 8.77. The standard InChI is InChI=1S/C8H13ClN4OS/c1-5(3-4-14)15-8-12-6(9)11-7(10-2)13-8/h5,14H,3-4H2,1-2H3,(H,10,11,12,13). The average Bonchev–Trinajstić information content (AvgIpc) is 2.17. The fraction of sp³-hybridized carbons (Fsp3) is 0.625. The van der Waals surface area contributed by atoms with E-state index in [1.807, 2.05) is 6.92 Å². The molecule has 1 atom stereocenters. The number of halogens is 1. The molecule has 0 bridgehead atoms. The third-order valence-electron chi connectivity index (χ3n) is 1.65. The molecule has 0 saturated heterocycles. The molecule has 15 heavy (non-hydrogen) atoms. The van der Waals surface area contributed by atoms with Crippen LogP contribution in [0.2, 0.25) is 5.28 Å². The number of anilines is 1. The minimum atomic E-state index is 0.159. The largest absolute Gasteiger partial charge is 0.396 e. The number of thioether (sulfide) groups is 1. The second-order valence-electron chi connectivity index (χ2n) is 2.90. The molecule has 0 aliphatic carbocycles. The molecule has 84 valence electrons. The molecule has 0 fully saturated rings. The molecular weight excluding hydrogens is 236 g/mol. The van der Waals surface area contributed by atoms with Crippen LogP contribution in [-0.4, -0.2) is 39.0 Å². The van der Waals surface area contributed by atoms with Crippen LogP contribution in [0.1, 0.15) is 13.3 Å². The summed E-state index contributed by atoms with van der Waals surface area (Å²) in [5.74, 6) is 0.452. The van der Waals surface area contributed by atoms with Gasteiger partial charge in [0.2, 0.25) is 11.2 Å². The quantitative estimate of drug-likeness (QED) is 0.769. The lowest BCUT2D eigenvalue weighted by Gasteiger charge is -2.08. The Morgan fingerprint density at radius 3 is 2.80 bits per heavy atom. The Hall–Kier alpha value is -0.590. The third kappa shape index (κ3) is 4.19. The predicted molar refractivity (Wildman–Crippen MR) is 61.4 cm³/mol. The van der Waals surface area contributed by atoms with Gasteiger partial charge >= 0.3 is 0 Å². The maximum atomic E-state index is 8.77. The van der Waals surface area contributed by atoms with E-state index in [4.69, 9.17) is 16.7 Å². The van der Waals surface area contributed by atoms with E-state index < -0.39 is 0 Å². The van der Waals surface area contributed by atoms with E-state index in [1.54, 1.807) is 7.05 Å². The van der Waals surface area contributed by atoms with Crippen molar-refractivity contribution < 1.29 is 5.11 Å². The van der Waals surface area contributed by atoms with Gasteiger partial charge in [-0.3, -0.25) is 0 Å². The molecule has 0 radical (unpaired) electrons. The van der Waals surface area contributed by atoms with Crippen molar-refractivity contribution in [3.05, 3.63) is 5.28 Å². The molecule has 0 spiro atoms. The van der Waals surface area contributed by atoms with Gasteiger partial charge < -0.3 is 10.4 Å². The van der Waals surface area contributed by atoms with Crippen molar-refractivity contribution in [2.24, 2.45) is 0 Å². The molecule has 0 aliphatic rings. The molecule has 1 aromatic rings. The number of nitrogens with one attached hydrogen (secondary N) is 1. The number of rotatable bonds is 5. The lowest BCUT2D eigenvalue weighted by atomic mass is 10.4. The van der Waals surface area contributed by atoms with Crippen LogP contribution in [0.15, 0.2) is 5.16 Å². The lowest BCUT2D eigenvalue weighted by molar-refractivity contribution is 0.289. The Balaban J connectivity index is 2.71. The zero-order valence-corrected chi connectivity index (χ0v) is 10.1. The van der Waals surface area contributed by atoms with Crippen molar-refractivity contribution in [2.75, 3.05) is 19.0 Å². The molecular formula is C8H13ClN4OS. The zero-order valence-electron chi connectivity index (χ0n) is 8.57. The Labute approximate surface area is 97.7 Å². The fourth-order valence-corrected chi connectivity index (χ4v) is 1.99. The van der Waals surface area contributed by atoms with Gasteiger partial charge in [0, 0.05) is 18.9 Å². The topological polar surface area (TPSA) is 70.9 Å². The number of aromatic nitrogens is 3. The number of aliphatic hydroxyl groups is 1. The molecule has 1 heterocycles. The van der Waals surface area contributed by atoms with Crippen molar-refractivity contribution in [3.8, 4) is 0 Å². The normalized spacial score (nSPS) is 12.5. The molecule has 0 amide bonds. The zero-order chi connectivity index (χ0) is 11.3. The van der Waals surface area contributed by atoms with Gasteiger partial charge in [-0.05, 0) is 18.0 Å². The van der Waals surface area contributed by atoms with Gasteiger partial charge in [0.15, 0.2) is 5.16 Å². The van der Waals surface area contributed by atoms with E-state index in [2.05, 4.69) is 20.3 Å². The van der Waals surface area contributed by atoms with E-state index in [0.717, 1.165) is 0 Å². The highest BCUT2D eigenvalue weighted by Crippen LogP contribution is 2.22. The number of nitrogens with zero attached hydrogens (tertiary/aromatic N) is 3. The van der Waals surface area contributed by atoms with Crippen molar-refractivity contribution in [1.29, 1.82) is 0 Å². The highest BCUT2D eigenvalue weighted by molar-refractivity contribution is 7.99. The first-order valence-electron chi connectivity index (χ1n) is 4.52. The van der Waals surface area contributed by atoms with Crippen LogP contribution < -0.4 is 5.32 Å². The van der Waals surface area contributed by atoms with E-state index in [0.29, 0.717) is 17.5 Å². The van der Waals surface area contributed by atoms with Crippen LogP contribution >= 0.6 is 23.4 Å². The smallest absolute Gasteiger partial charge is 0.228 e. The summed E-state index contributed by atoms with van der Waals surface area (Å²) in [4.78, 5) is 12.0. The maximum Gasteiger partial charge on any atom is 0.228 e. The third-order valence-corrected chi connectivity index (χ3v) is 2.85. The van der Waals surface area contributed by atoms with Crippen LogP contribution in [-0.2, 0) is 0 Å². The van der Waals surface area contributed by atoms with Gasteiger partial charge in [0.25, 0.3) is 0 Å². The Morgan fingerprint density at radius 2 is 2.20 bits per heavy atom. The van der Waals surface area contributed by atoms with Gasteiger partial charge in [-0.2, -0.15) is 15.0 Å². The SMILES string of the molecule is CNc1nc(Cl)nc(SC(C)CCO)n1. The first-order chi connectivity index (χ1) is 7.15. The van der Waals surface area contributed by atoms with Crippen molar-refractivity contribution in [1.82, 2.24) is 15.0 Å². The van der Waals surface area contributed by atoms with Gasteiger partial charge in [-0.25, -0.2) is 0 Å². The molecule has 7 heteroatoms. The first kappa shape index (κ1) is 12.5. The van der Waals surface area contributed by atoms with Gasteiger partial charge in [0.1, 0.15) is 0 Å². The van der Waals surface area contributed by atoms with Crippen LogP contribution in [0, 0.1) is 0 Å². The fourth-order valence-electron chi connectivity index (χ4n) is 0.917. The van der Waals surface area contributed by atoms with E-state index in [9.17, 15) is 0 Å². The second-order valence-corrected chi connectivity index (χ2v) is 4.65. The summed E-state index contributed by atoms with van der Waals surface area (Å²) in [7, 11) is 1.72. The number of aliphatic hydroxyl groups excluding tert-OH is 1. The highest BCUT2D eigenvalue weighted by Gasteiger charge is 2.09. The summed E-state index contributed by atoms with van der Waals surface area (Å²) in [6.45, 7) is 2.16. The summed E-state index contributed by atoms with van der Waals surface area (Å²) in [6, 6.07) is 0. The van der Waals surface area contributed by atoms with Gasteiger partial charge in [0.05, 0.1) is 0 Å². The average molecular weight is 249 g/mol. The first-order valence-corrected chi connectivity index (χ1v) is 5.78. The molecule has 1 rings (SSSR count). The van der Waals surface area contributed by atoms with Crippen LogP contribution in [0.4, 0.5) is 5.95 Å². The molecule has 0 aliphatic heterocycles. The van der Waals surface area contributed by atoms with Gasteiger partial charge in [-0.1, -0.05) is 18.7 Å². The van der Waals surface area contributed by atoms with Gasteiger partial charge in [-0.15, -0.1) is 0 Å². The number of hydrogen-bond acceptors (Lipinski definition) is 6. The minimum Gasteiger partial charge on any atom is -0.396 e. The second kappa shape index (κ2) is 6.09. The summed E-state index contributed by atoms with van der Waals surface area (Å²) >= 11 is 7.19. The minimum absolute atomic E-state index is 0.159. The molecule has 0 saturated carbocycles. The van der Waals surface area contributed by atoms with E-state index in [1.165, 1.54) is 11.8 Å². The Morgan fingerprint density at radius 1 is 1.47 bits per heavy atom.